The van der Waals surface area contributed by atoms with Crippen LogP contribution in [0.1, 0.15) is 44.5 Å². The van der Waals surface area contributed by atoms with E-state index in [0.29, 0.717) is 24.4 Å². The summed E-state index contributed by atoms with van der Waals surface area (Å²) in [7, 11) is 1.66. The molecule has 138 valence electrons. The van der Waals surface area contributed by atoms with E-state index in [9.17, 15) is 13.6 Å². The van der Waals surface area contributed by atoms with E-state index in [1.807, 2.05) is 0 Å². The topological polar surface area (TPSA) is 50.2 Å². The highest BCUT2D eigenvalue weighted by atomic mass is 35.5. The van der Waals surface area contributed by atoms with Crippen LogP contribution in [0.3, 0.4) is 0 Å². The summed E-state index contributed by atoms with van der Waals surface area (Å²) in [5.41, 5.74) is 0. The van der Waals surface area contributed by atoms with Crippen molar-refractivity contribution in [3.05, 3.63) is 18.2 Å². The van der Waals surface area contributed by atoms with E-state index in [-0.39, 0.29) is 43.1 Å². The van der Waals surface area contributed by atoms with Gasteiger partial charge in [0.25, 0.3) is 0 Å². The average molecular weight is 385 g/mol. The molecule has 2 saturated heterocycles. The Balaban J connectivity index is 0.00000144. The normalized spacial score (nSPS) is 25.1. The fourth-order valence-corrected chi connectivity index (χ4v) is 3.69. The quantitative estimate of drug-likeness (QED) is 0.848. The lowest BCUT2D eigenvalue weighted by atomic mass is 9.89. The number of piperidine rings is 1. The van der Waals surface area contributed by atoms with Crippen LogP contribution in [0.5, 0.6) is 0 Å². The van der Waals surface area contributed by atoms with Gasteiger partial charge in [0.05, 0.1) is 6.54 Å². The summed E-state index contributed by atoms with van der Waals surface area (Å²) in [6.07, 6.45) is 7.57. The van der Waals surface area contributed by atoms with Gasteiger partial charge in [0.15, 0.2) is 0 Å². The van der Waals surface area contributed by atoms with Crippen molar-refractivity contribution in [3.8, 4) is 0 Å². The standard InChI is InChI=1S/C15H22F2N4O.2ClH/c1-20(9-13-18-4-5-21(13)15(16)17)14(22)8-10-6-11-2-3-12(7-10)19-11;;/h4-5,10-12,15,19H,2-3,6-9H2,1H3;2*1H. The molecule has 0 spiro atoms. The van der Waals surface area contributed by atoms with Gasteiger partial charge in [-0.05, 0) is 31.6 Å². The molecule has 2 fully saturated rings. The van der Waals surface area contributed by atoms with Crippen molar-refractivity contribution < 1.29 is 13.6 Å². The first kappa shape index (κ1) is 21.1. The van der Waals surface area contributed by atoms with Gasteiger partial charge >= 0.3 is 6.55 Å². The van der Waals surface area contributed by atoms with E-state index in [1.165, 1.54) is 30.1 Å². The Bertz CT molecular complexity index is 531. The molecule has 1 amide bonds. The van der Waals surface area contributed by atoms with Crippen molar-refractivity contribution in [2.75, 3.05) is 7.05 Å². The zero-order valence-electron chi connectivity index (χ0n) is 13.5. The first-order valence-corrected chi connectivity index (χ1v) is 7.82. The van der Waals surface area contributed by atoms with E-state index in [0.717, 1.165) is 17.4 Å². The number of hydrogen-bond donors (Lipinski definition) is 1. The van der Waals surface area contributed by atoms with Crippen LogP contribution < -0.4 is 5.32 Å². The summed E-state index contributed by atoms with van der Waals surface area (Å²) in [5, 5.41) is 3.56. The lowest BCUT2D eigenvalue weighted by Gasteiger charge is -2.29. The minimum absolute atomic E-state index is 0. The fourth-order valence-electron chi connectivity index (χ4n) is 3.69. The Morgan fingerprint density at radius 1 is 1.38 bits per heavy atom. The highest BCUT2D eigenvalue weighted by Crippen LogP contribution is 2.33. The summed E-state index contributed by atoms with van der Waals surface area (Å²) in [5.74, 6) is 0.634. The van der Waals surface area contributed by atoms with E-state index < -0.39 is 6.55 Å². The molecule has 3 heterocycles. The zero-order valence-corrected chi connectivity index (χ0v) is 15.2. The number of nitrogens with one attached hydrogen (secondary N) is 1. The van der Waals surface area contributed by atoms with Crippen LogP contribution in [0.2, 0.25) is 0 Å². The molecule has 0 aromatic carbocycles. The largest absolute Gasteiger partial charge is 0.338 e. The molecule has 2 atom stereocenters. The number of rotatable bonds is 5. The molecular formula is C15H24Cl2F2N4O. The van der Waals surface area contributed by atoms with Crippen molar-refractivity contribution in [3.63, 3.8) is 0 Å². The van der Waals surface area contributed by atoms with Gasteiger partial charge in [0.2, 0.25) is 5.91 Å². The Morgan fingerprint density at radius 3 is 2.58 bits per heavy atom. The molecule has 2 unspecified atom stereocenters. The molecular weight excluding hydrogens is 361 g/mol. The van der Waals surface area contributed by atoms with Gasteiger partial charge in [-0.2, -0.15) is 8.78 Å². The van der Waals surface area contributed by atoms with Crippen LogP contribution in [0, 0.1) is 5.92 Å². The Kier molecular flexibility index (Phi) is 7.89. The predicted molar refractivity (Wildman–Crippen MR) is 91.7 cm³/mol. The molecule has 3 rings (SSSR count). The molecule has 24 heavy (non-hydrogen) atoms. The Morgan fingerprint density at radius 2 is 2.00 bits per heavy atom. The monoisotopic (exact) mass is 384 g/mol. The summed E-state index contributed by atoms with van der Waals surface area (Å²) in [6, 6.07) is 1.11. The molecule has 1 N–H and O–H groups in total. The second kappa shape index (κ2) is 8.97. The zero-order chi connectivity index (χ0) is 15.7. The molecule has 0 aliphatic carbocycles. The number of halogens is 4. The number of imidazole rings is 1. The summed E-state index contributed by atoms with van der Waals surface area (Å²) < 4.78 is 26.4. The van der Waals surface area contributed by atoms with Gasteiger partial charge < -0.3 is 10.2 Å². The van der Waals surface area contributed by atoms with E-state index in [4.69, 9.17) is 0 Å². The maximum Gasteiger partial charge on any atom is 0.319 e. The lowest BCUT2D eigenvalue weighted by molar-refractivity contribution is -0.131. The molecule has 9 heteroatoms. The molecule has 5 nitrogen and oxygen atoms in total. The third-order valence-corrected chi connectivity index (χ3v) is 4.80. The third-order valence-electron chi connectivity index (χ3n) is 4.80. The predicted octanol–water partition coefficient (Wildman–Crippen LogP) is 3.00. The van der Waals surface area contributed by atoms with Gasteiger partial charge in [0.1, 0.15) is 5.82 Å². The number of carbonyl (C=O) groups excluding carboxylic acids is 1. The van der Waals surface area contributed by atoms with E-state index in [1.54, 1.807) is 7.05 Å². The van der Waals surface area contributed by atoms with Gasteiger partial charge in [-0.3, -0.25) is 9.36 Å². The summed E-state index contributed by atoms with van der Waals surface area (Å²) in [6.45, 7) is -2.50. The smallest absolute Gasteiger partial charge is 0.319 e. The number of nitrogens with zero attached hydrogens (tertiary/aromatic N) is 3. The Hall–Kier alpha value is -0.920. The molecule has 2 bridgehead atoms. The molecule has 2 aliphatic rings. The van der Waals surface area contributed by atoms with Crippen LogP contribution in [-0.2, 0) is 11.3 Å². The molecule has 1 aromatic heterocycles. The number of aromatic nitrogens is 2. The number of alkyl halides is 2. The number of fused-ring (bicyclic) bond motifs is 2. The van der Waals surface area contributed by atoms with Crippen molar-refractivity contribution in [2.24, 2.45) is 5.92 Å². The van der Waals surface area contributed by atoms with Gasteiger partial charge in [-0.15, -0.1) is 24.8 Å². The van der Waals surface area contributed by atoms with Crippen molar-refractivity contribution in [1.82, 2.24) is 19.8 Å². The van der Waals surface area contributed by atoms with Gasteiger partial charge in [-0.25, -0.2) is 4.98 Å². The lowest BCUT2D eigenvalue weighted by Crippen LogP contribution is -2.40. The van der Waals surface area contributed by atoms with Crippen LogP contribution in [0.4, 0.5) is 8.78 Å². The maximum absolute atomic E-state index is 12.8. The first-order valence-electron chi connectivity index (χ1n) is 7.82. The van der Waals surface area contributed by atoms with E-state index >= 15 is 0 Å². The fraction of sp³-hybridized carbons (Fsp3) is 0.733. The molecule has 2 aliphatic heterocycles. The van der Waals surface area contributed by atoms with Gasteiger partial charge in [0, 0.05) is 37.9 Å². The number of carbonyl (C=O) groups is 1. The highest BCUT2D eigenvalue weighted by Gasteiger charge is 2.34. The number of hydrogen-bond acceptors (Lipinski definition) is 3. The van der Waals surface area contributed by atoms with Crippen LogP contribution in [0.15, 0.2) is 12.4 Å². The molecule has 1 aromatic rings. The van der Waals surface area contributed by atoms with Crippen LogP contribution in [0.25, 0.3) is 0 Å². The highest BCUT2D eigenvalue weighted by molar-refractivity contribution is 5.85. The van der Waals surface area contributed by atoms with Crippen molar-refractivity contribution in [2.45, 2.75) is 57.3 Å². The van der Waals surface area contributed by atoms with Gasteiger partial charge in [-0.1, -0.05) is 0 Å². The maximum atomic E-state index is 12.8. The second-order valence-corrected chi connectivity index (χ2v) is 6.46. The molecule has 0 radical (unpaired) electrons. The minimum atomic E-state index is -2.62. The molecule has 0 saturated carbocycles. The Labute approximate surface area is 153 Å². The number of amides is 1. The van der Waals surface area contributed by atoms with Crippen molar-refractivity contribution >= 4 is 30.7 Å². The van der Waals surface area contributed by atoms with Crippen molar-refractivity contribution in [1.29, 1.82) is 0 Å². The van der Waals surface area contributed by atoms with Crippen LogP contribution in [-0.4, -0.2) is 39.5 Å². The SMILES string of the molecule is CN(Cc1nccn1C(F)F)C(=O)CC1CC2CCC(C1)N2.Cl.Cl. The second-order valence-electron chi connectivity index (χ2n) is 6.46. The first-order chi connectivity index (χ1) is 10.5. The minimum Gasteiger partial charge on any atom is -0.338 e. The summed E-state index contributed by atoms with van der Waals surface area (Å²) >= 11 is 0. The third kappa shape index (κ3) is 4.80. The average Bonchev–Trinajstić information content (AvgIpc) is 3.05. The summed E-state index contributed by atoms with van der Waals surface area (Å²) in [4.78, 5) is 17.8. The van der Waals surface area contributed by atoms with Crippen LogP contribution >= 0.6 is 24.8 Å². The van der Waals surface area contributed by atoms with E-state index in [2.05, 4.69) is 10.3 Å².